The topological polar surface area (TPSA) is 122 Å². The van der Waals surface area contributed by atoms with E-state index in [0.717, 1.165) is 5.56 Å². The van der Waals surface area contributed by atoms with Crippen LogP contribution in [0.4, 0.5) is 5.69 Å². The van der Waals surface area contributed by atoms with Crippen LogP contribution in [0, 0.1) is 5.92 Å². The molecule has 0 bridgehead atoms. The van der Waals surface area contributed by atoms with Crippen molar-refractivity contribution in [2.75, 3.05) is 44.7 Å². The zero-order valence-corrected chi connectivity index (χ0v) is 19.7. The van der Waals surface area contributed by atoms with Gasteiger partial charge in [-0.2, -0.15) is 4.31 Å². The molecule has 2 aliphatic heterocycles. The number of carbonyl (C=O) groups excluding carboxylic acids is 2. The number of rotatable bonds is 7. The predicted molar refractivity (Wildman–Crippen MR) is 127 cm³/mol. The minimum absolute atomic E-state index is 0.130. The van der Waals surface area contributed by atoms with E-state index in [0.29, 0.717) is 57.9 Å². The molecule has 182 valence electrons. The quantitative estimate of drug-likeness (QED) is 0.613. The molecule has 2 aromatic rings. The number of benzene rings is 2. The molecule has 2 aliphatic rings. The SMILES string of the molecule is NC(=O)C1CCN([C@H](C(=O)Nc2cccc(S(=O)(=O)N3CCOCC3)c2)c2ccccc2)CC1. The number of hydrogen-bond donors (Lipinski definition) is 2. The van der Waals surface area contributed by atoms with Gasteiger partial charge in [-0.25, -0.2) is 8.42 Å². The second-order valence-corrected chi connectivity index (χ2v) is 10.5. The molecular weight excluding hydrogens is 456 g/mol. The van der Waals surface area contributed by atoms with Crippen LogP contribution in [0.2, 0.25) is 0 Å². The number of hydrogen-bond acceptors (Lipinski definition) is 6. The number of primary amides is 1. The highest BCUT2D eigenvalue weighted by atomic mass is 32.2. The molecule has 2 aromatic carbocycles. The second kappa shape index (κ2) is 10.6. The van der Waals surface area contributed by atoms with Crippen molar-refractivity contribution in [3.05, 3.63) is 60.2 Å². The largest absolute Gasteiger partial charge is 0.379 e. The molecule has 2 fully saturated rings. The van der Waals surface area contributed by atoms with Gasteiger partial charge in [-0.15, -0.1) is 0 Å². The van der Waals surface area contributed by atoms with Crippen LogP contribution in [0.25, 0.3) is 0 Å². The maximum absolute atomic E-state index is 13.5. The third-order valence-corrected chi connectivity index (χ3v) is 8.26. The second-order valence-electron chi connectivity index (χ2n) is 8.56. The summed E-state index contributed by atoms with van der Waals surface area (Å²) in [5, 5.41) is 2.91. The minimum atomic E-state index is -3.68. The highest BCUT2D eigenvalue weighted by Crippen LogP contribution is 2.29. The Morgan fingerprint density at radius 3 is 2.29 bits per heavy atom. The van der Waals surface area contributed by atoms with Crippen LogP contribution in [0.1, 0.15) is 24.4 Å². The molecule has 2 heterocycles. The number of carbonyl (C=O) groups is 2. The van der Waals surface area contributed by atoms with Crippen molar-refractivity contribution in [3.8, 4) is 0 Å². The van der Waals surface area contributed by atoms with Gasteiger partial charge in [0.2, 0.25) is 21.8 Å². The van der Waals surface area contributed by atoms with Gasteiger partial charge in [0.15, 0.2) is 0 Å². The van der Waals surface area contributed by atoms with Crippen molar-refractivity contribution < 1.29 is 22.7 Å². The Morgan fingerprint density at radius 1 is 0.971 bits per heavy atom. The van der Waals surface area contributed by atoms with E-state index in [-0.39, 0.29) is 22.6 Å². The van der Waals surface area contributed by atoms with Crippen LogP contribution in [-0.4, -0.2) is 68.8 Å². The van der Waals surface area contributed by atoms with E-state index in [1.165, 1.54) is 16.4 Å². The van der Waals surface area contributed by atoms with E-state index in [2.05, 4.69) is 5.32 Å². The van der Waals surface area contributed by atoms with Crippen LogP contribution in [0.5, 0.6) is 0 Å². The summed E-state index contributed by atoms with van der Waals surface area (Å²) in [5.74, 6) is -0.749. The standard InChI is InChI=1S/C24H30N4O5S/c25-23(29)19-9-11-27(12-10-19)22(18-5-2-1-3-6-18)24(30)26-20-7-4-8-21(17-20)34(31,32)28-13-15-33-16-14-28/h1-8,17,19,22H,9-16H2,(H2,25,29)(H,26,30)/t22-/m0/s1. The molecule has 0 spiro atoms. The molecule has 4 rings (SSSR count). The number of nitrogens with two attached hydrogens (primary N) is 1. The smallest absolute Gasteiger partial charge is 0.246 e. The molecule has 0 saturated carbocycles. The third-order valence-electron chi connectivity index (χ3n) is 6.37. The lowest BCUT2D eigenvalue weighted by molar-refractivity contribution is -0.125. The molecule has 1 atom stereocenters. The summed E-state index contributed by atoms with van der Waals surface area (Å²) < 4.78 is 32.7. The van der Waals surface area contributed by atoms with Crippen LogP contribution in [0.15, 0.2) is 59.5 Å². The number of amides is 2. The molecule has 10 heteroatoms. The number of piperidine rings is 1. The summed E-state index contributed by atoms with van der Waals surface area (Å²) in [4.78, 5) is 27.2. The van der Waals surface area contributed by atoms with Gasteiger partial charge in [-0.1, -0.05) is 36.4 Å². The van der Waals surface area contributed by atoms with Crippen molar-refractivity contribution in [2.45, 2.75) is 23.8 Å². The molecule has 2 saturated heterocycles. The first-order valence-corrected chi connectivity index (χ1v) is 12.9. The molecule has 0 aromatic heterocycles. The Balaban J connectivity index is 1.54. The fourth-order valence-corrected chi connectivity index (χ4v) is 5.94. The lowest BCUT2D eigenvalue weighted by Gasteiger charge is -2.36. The van der Waals surface area contributed by atoms with E-state index in [4.69, 9.17) is 10.5 Å². The number of nitrogens with zero attached hydrogens (tertiary/aromatic N) is 2. The fraction of sp³-hybridized carbons (Fsp3) is 0.417. The highest BCUT2D eigenvalue weighted by Gasteiger charge is 2.33. The molecule has 0 aliphatic carbocycles. The summed E-state index contributed by atoms with van der Waals surface area (Å²) in [5.41, 5.74) is 6.71. The van der Waals surface area contributed by atoms with Gasteiger partial charge in [0.1, 0.15) is 6.04 Å². The van der Waals surface area contributed by atoms with Crippen LogP contribution < -0.4 is 11.1 Å². The first kappa shape index (κ1) is 24.3. The molecule has 9 nitrogen and oxygen atoms in total. The Bertz CT molecular complexity index is 1110. The fourth-order valence-electron chi connectivity index (χ4n) is 4.49. The van der Waals surface area contributed by atoms with Crippen molar-refractivity contribution in [2.24, 2.45) is 11.7 Å². The van der Waals surface area contributed by atoms with Gasteiger partial charge in [-0.05, 0) is 49.7 Å². The number of morpholine rings is 1. The summed E-state index contributed by atoms with van der Waals surface area (Å²) in [6, 6.07) is 15.2. The van der Waals surface area contributed by atoms with Crippen molar-refractivity contribution >= 4 is 27.5 Å². The van der Waals surface area contributed by atoms with Crippen LogP contribution in [0.3, 0.4) is 0 Å². The van der Waals surface area contributed by atoms with Gasteiger partial charge in [0.25, 0.3) is 0 Å². The van der Waals surface area contributed by atoms with Gasteiger partial charge in [0, 0.05) is 24.7 Å². The molecule has 34 heavy (non-hydrogen) atoms. The molecular formula is C24H30N4O5S. The Morgan fingerprint density at radius 2 is 1.65 bits per heavy atom. The van der Waals surface area contributed by atoms with E-state index in [1.54, 1.807) is 12.1 Å². The normalized spacial score (nSPS) is 19.4. The van der Waals surface area contributed by atoms with Crippen LogP contribution >= 0.6 is 0 Å². The monoisotopic (exact) mass is 486 g/mol. The first-order valence-electron chi connectivity index (χ1n) is 11.4. The van der Waals surface area contributed by atoms with E-state index in [9.17, 15) is 18.0 Å². The molecule has 2 amide bonds. The summed E-state index contributed by atoms with van der Waals surface area (Å²) in [6.07, 6.45) is 1.19. The van der Waals surface area contributed by atoms with Crippen molar-refractivity contribution in [3.63, 3.8) is 0 Å². The van der Waals surface area contributed by atoms with Crippen molar-refractivity contribution in [1.29, 1.82) is 0 Å². The van der Waals surface area contributed by atoms with Gasteiger partial charge >= 0.3 is 0 Å². The number of likely N-dealkylation sites (tertiary alicyclic amines) is 1. The minimum Gasteiger partial charge on any atom is -0.379 e. The van der Waals surface area contributed by atoms with Crippen molar-refractivity contribution in [1.82, 2.24) is 9.21 Å². The zero-order valence-electron chi connectivity index (χ0n) is 18.9. The maximum Gasteiger partial charge on any atom is 0.246 e. The number of ether oxygens (including phenoxy) is 1. The maximum atomic E-state index is 13.5. The van der Waals surface area contributed by atoms with Gasteiger partial charge in [0.05, 0.1) is 18.1 Å². The lowest BCUT2D eigenvalue weighted by Crippen LogP contribution is -2.44. The molecule has 3 N–H and O–H groups in total. The third kappa shape index (κ3) is 5.47. The zero-order chi connectivity index (χ0) is 24.1. The van der Waals surface area contributed by atoms with E-state index < -0.39 is 16.1 Å². The average molecular weight is 487 g/mol. The Kier molecular flexibility index (Phi) is 7.62. The van der Waals surface area contributed by atoms with Crippen LogP contribution in [-0.2, 0) is 24.3 Å². The summed E-state index contributed by atoms with van der Waals surface area (Å²) in [7, 11) is -3.68. The number of anilines is 1. The molecule has 0 unspecified atom stereocenters. The summed E-state index contributed by atoms with van der Waals surface area (Å²) >= 11 is 0. The Hall–Kier alpha value is -2.79. The average Bonchev–Trinajstić information content (AvgIpc) is 2.86. The Labute approximate surface area is 199 Å². The van der Waals surface area contributed by atoms with E-state index >= 15 is 0 Å². The number of sulfonamides is 1. The highest BCUT2D eigenvalue weighted by molar-refractivity contribution is 7.89. The summed E-state index contributed by atoms with van der Waals surface area (Å²) in [6.45, 7) is 2.45. The molecule has 0 radical (unpaired) electrons. The van der Waals surface area contributed by atoms with E-state index in [1.807, 2.05) is 35.2 Å². The van der Waals surface area contributed by atoms with Gasteiger partial charge in [-0.3, -0.25) is 14.5 Å². The number of nitrogens with one attached hydrogen (secondary N) is 1. The predicted octanol–water partition coefficient (Wildman–Crippen LogP) is 1.58. The van der Waals surface area contributed by atoms with Gasteiger partial charge < -0.3 is 15.8 Å². The first-order chi connectivity index (χ1) is 16.4. The lowest BCUT2D eigenvalue weighted by atomic mass is 9.93.